The lowest BCUT2D eigenvalue weighted by atomic mass is 10.0. The number of nitrogens with zero attached hydrogens (tertiary/aromatic N) is 1. The number of esters is 1. The highest BCUT2D eigenvalue weighted by atomic mass is 16.5. The van der Waals surface area contributed by atoms with Crippen LogP contribution in [0, 0.1) is 0 Å². The summed E-state index contributed by atoms with van der Waals surface area (Å²) in [5, 5.41) is 0. The second-order valence-corrected chi connectivity index (χ2v) is 5.80. The van der Waals surface area contributed by atoms with Gasteiger partial charge in [0.1, 0.15) is 0 Å². The molecule has 0 radical (unpaired) electrons. The third kappa shape index (κ3) is 2.32. The summed E-state index contributed by atoms with van der Waals surface area (Å²) in [4.78, 5) is 37.4. The zero-order valence-electron chi connectivity index (χ0n) is 12.5. The molecule has 5 nitrogen and oxygen atoms in total. The van der Waals surface area contributed by atoms with Crippen LogP contribution in [0.1, 0.15) is 43.4 Å². The molecule has 3 rings (SSSR count). The van der Waals surface area contributed by atoms with E-state index in [9.17, 15) is 14.4 Å². The van der Waals surface area contributed by atoms with Crippen molar-refractivity contribution in [2.45, 2.75) is 38.3 Å². The van der Waals surface area contributed by atoms with Crippen molar-refractivity contribution in [2.24, 2.45) is 0 Å². The fourth-order valence-corrected chi connectivity index (χ4v) is 3.11. The second kappa shape index (κ2) is 5.40. The predicted octanol–water partition coefficient (Wildman–Crippen LogP) is 2.09. The Hall–Kier alpha value is -2.43. The van der Waals surface area contributed by atoms with Gasteiger partial charge in [0.05, 0.1) is 18.1 Å². The summed E-state index contributed by atoms with van der Waals surface area (Å²) in [6, 6.07) is 7.01. The molecular weight excluding hydrogens is 282 g/mol. The molecule has 0 unspecified atom stereocenters. The highest BCUT2D eigenvalue weighted by molar-refractivity contribution is 6.13. The van der Waals surface area contributed by atoms with E-state index in [1.165, 1.54) is 17.1 Å². The van der Waals surface area contributed by atoms with Crippen LogP contribution in [0.25, 0.3) is 0 Å². The summed E-state index contributed by atoms with van der Waals surface area (Å²) >= 11 is 0. The molecule has 1 aromatic rings. The first-order valence-corrected chi connectivity index (χ1v) is 7.33. The van der Waals surface area contributed by atoms with E-state index in [1.54, 1.807) is 13.8 Å². The molecular formula is C17H17NO4. The molecule has 0 aromatic heterocycles. The van der Waals surface area contributed by atoms with Crippen LogP contribution in [0.5, 0.6) is 0 Å². The number of fused-ring (bicyclic) bond motifs is 1. The van der Waals surface area contributed by atoms with Gasteiger partial charge < -0.3 is 4.74 Å². The third-order valence-electron chi connectivity index (χ3n) is 3.98. The Morgan fingerprint density at radius 1 is 1.14 bits per heavy atom. The number of amides is 2. The van der Waals surface area contributed by atoms with Gasteiger partial charge in [-0.1, -0.05) is 24.3 Å². The maximum absolute atomic E-state index is 12.3. The van der Waals surface area contributed by atoms with Gasteiger partial charge in [0.25, 0.3) is 11.8 Å². The van der Waals surface area contributed by atoms with E-state index in [0.29, 0.717) is 6.42 Å². The Labute approximate surface area is 128 Å². The van der Waals surface area contributed by atoms with Gasteiger partial charge in [0, 0.05) is 12.2 Å². The van der Waals surface area contributed by atoms with E-state index in [2.05, 4.69) is 0 Å². The van der Waals surface area contributed by atoms with Crippen LogP contribution in [0.3, 0.4) is 0 Å². The smallest absolute Gasteiger partial charge is 0.313 e. The molecule has 1 aliphatic carbocycles. The molecule has 1 heterocycles. The molecule has 0 saturated heterocycles. The van der Waals surface area contributed by atoms with Crippen LogP contribution in [0.2, 0.25) is 0 Å². The third-order valence-corrected chi connectivity index (χ3v) is 3.98. The van der Waals surface area contributed by atoms with Crippen LogP contribution < -0.4 is 0 Å². The van der Waals surface area contributed by atoms with Crippen molar-refractivity contribution >= 4 is 17.8 Å². The average Bonchev–Trinajstić information content (AvgIpc) is 2.99. The summed E-state index contributed by atoms with van der Waals surface area (Å²) in [5.74, 6) is -1.41. The molecule has 5 heteroatoms. The molecule has 0 fully saturated rings. The Balaban J connectivity index is 1.94. The monoisotopic (exact) mass is 299 g/mol. The van der Waals surface area contributed by atoms with E-state index in [4.69, 9.17) is 4.74 Å². The normalized spacial score (nSPS) is 23.3. The minimum atomic E-state index is -0.440. The summed E-state index contributed by atoms with van der Waals surface area (Å²) in [5.41, 5.74) is 1.68. The van der Waals surface area contributed by atoms with E-state index < -0.39 is 12.0 Å². The molecule has 1 aromatic carbocycles. The van der Waals surface area contributed by atoms with E-state index in [1.807, 2.05) is 24.3 Å². The SMILES string of the molecule is CC(C)OC(=O)[C@H]1C[C@H](N2C(=O)C=CC2=O)c2ccccc21. The fraction of sp³-hybridized carbons (Fsp3) is 0.353. The average molecular weight is 299 g/mol. The standard InChI is InChI=1S/C17H17NO4/c1-10(2)22-17(21)13-9-14(12-6-4-3-5-11(12)13)18-15(19)7-8-16(18)20/h3-8,10,13-14H,9H2,1-2H3/t13-,14-/m0/s1. The summed E-state index contributed by atoms with van der Waals surface area (Å²) < 4.78 is 5.31. The number of imide groups is 1. The molecule has 22 heavy (non-hydrogen) atoms. The van der Waals surface area contributed by atoms with Crippen molar-refractivity contribution < 1.29 is 19.1 Å². The minimum Gasteiger partial charge on any atom is -0.463 e. The van der Waals surface area contributed by atoms with Gasteiger partial charge in [-0.05, 0) is 31.4 Å². The largest absolute Gasteiger partial charge is 0.463 e. The molecule has 1 aliphatic heterocycles. The number of carbonyl (C=O) groups is 3. The number of hydrogen-bond donors (Lipinski definition) is 0. The second-order valence-electron chi connectivity index (χ2n) is 5.80. The van der Waals surface area contributed by atoms with Crippen LogP contribution in [0.15, 0.2) is 36.4 Å². The molecule has 114 valence electrons. The van der Waals surface area contributed by atoms with Crippen LogP contribution in [-0.2, 0) is 19.1 Å². The van der Waals surface area contributed by atoms with Crippen molar-refractivity contribution in [3.8, 4) is 0 Å². The first kappa shape index (κ1) is 14.5. The van der Waals surface area contributed by atoms with Gasteiger partial charge in [-0.15, -0.1) is 0 Å². The molecule has 0 spiro atoms. The van der Waals surface area contributed by atoms with E-state index in [-0.39, 0.29) is 23.9 Å². The summed E-state index contributed by atoms with van der Waals surface area (Å²) in [7, 11) is 0. The summed E-state index contributed by atoms with van der Waals surface area (Å²) in [6.45, 7) is 3.60. The van der Waals surface area contributed by atoms with Gasteiger partial charge in [-0.25, -0.2) is 0 Å². The maximum atomic E-state index is 12.3. The molecule has 2 atom stereocenters. The Morgan fingerprint density at radius 3 is 2.32 bits per heavy atom. The number of ether oxygens (including phenoxy) is 1. The van der Waals surface area contributed by atoms with Gasteiger partial charge in [-0.3, -0.25) is 19.3 Å². The quantitative estimate of drug-likeness (QED) is 0.633. The van der Waals surface area contributed by atoms with Gasteiger partial charge in [0.2, 0.25) is 0 Å². The van der Waals surface area contributed by atoms with Crippen molar-refractivity contribution in [1.82, 2.24) is 4.90 Å². The maximum Gasteiger partial charge on any atom is 0.313 e. The number of benzene rings is 1. The minimum absolute atomic E-state index is 0.199. The molecule has 0 saturated carbocycles. The van der Waals surface area contributed by atoms with Gasteiger partial charge in [-0.2, -0.15) is 0 Å². The number of hydrogen-bond acceptors (Lipinski definition) is 4. The highest BCUT2D eigenvalue weighted by Gasteiger charge is 2.43. The van der Waals surface area contributed by atoms with Crippen molar-refractivity contribution in [3.63, 3.8) is 0 Å². The molecule has 0 N–H and O–H groups in total. The Kier molecular flexibility index (Phi) is 3.56. The zero-order valence-corrected chi connectivity index (χ0v) is 12.5. The zero-order chi connectivity index (χ0) is 15.9. The predicted molar refractivity (Wildman–Crippen MR) is 78.8 cm³/mol. The number of rotatable bonds is 3. The topological polar surface area (TPSA) is 63.7 Å². The van der Waals surface area contributed by atoms with E-state index >= 15 is 0 Å². The molecule has 2 amide bonds. The number of carbonyl (C=O) groups excluding carboxylic acids is 3. The first-order valence-electron chi connectivity index (χ1n) is 7.33. The van der Waals surface area contributed by atoms with Crippen LogP contribution in [-0.4, -0.2) is 28.8 Å². The van der Waals surface area contributed by atoms with Crippen molar-refractivity contribution in [1.29, 1.82) is 0 Å². The summed E-state index contributed by atoms with van der Waals surface area (Å²) in [6.07, 6.45) is 2.72. The van der Waals surface area contributed by atoms with Crippen LogP contribution >= 0.6 is 0 Å². The Morgan fingerprint density at radius 2 is 1.73 bits per heavy atom. The fourth-order valence-electron chi connectivity index (χ4n) is 3.11. The van der Waals surface area contributed by atoms with Crippen molar-refractivity contribution in [2.75, 3.05) is 0 Å². The lowest BCUT2D eigenvalue weighted by molar-refractivity contribution is -0.150. The Bertz CT molecular complexity index is 659. The van der Waals surface area contributed by atoms with Crippen LogP contribution in [0.4, 0.5) is 0 Å². The van der Waals surface area contributed by atoms with E-state index in [0.717, 1.165) is 11.1 Å². The highest BCUT2D eigenvalue weighted by Crippen LogP contribution is 2.45. The first-order chi connectivity index (χ1) is 10.5. The van der Waals surface area contributed by atoms with Gasteiger partial charge in [0.15, 0.2) is 0 Å². The van der Waals surface area contributed by atoms with Gasteiger partial charge >= 0.3 is 5.97 Å². The molecule has 0 bridgehead atoms. The molecule has 2 aliphatic rings. The van der Waals surface area contributed by atoms with Crippen molar-refractivity contribution in [3.05, 3.63) is 47.5 Å². The lowest BCUT2D eigenvalue weighted by Crippen LogP contribution is -2.33. The lowest BCUT2D eigenvalue weighted by Gasteiger charge is -2.23.